The Balaban J connectivity index is 1.88. The van der Waals surface area contributed by atoms with Crippen LogP contribution < -0.4 is 10.6 Å². The first-order valence-corrected chi connectivity index (χ1v) is 7.07. The number of rotatable bonds is 3. The summed E-state index contributed by atoms with van der Waals surface area (Å²) in [4.78, 5) is 22.4. The number of carbonyl (C=O) groups is 1. The third-order valence-electron chi connectivity index (χ3n) is 3.65. The largest absolute Gasteiger partial charge is 0.466 e. The molecule has 8 heteroatoms. The van der Waals surface area contributed by atoms with E-state index in [4.69, 9.17) is 10.5 Å². The minimum Gasteiger partial charge on any atom is -0.466 e. The molecule has 2 aromatic heterocycles. The van der Waals surface area contributed by atoms with E-state index in [-0.39, 0.29) is 17.8 Å². The van der Waals surface area contributed by atoms with Crippen molar-refractivity contribution in [1.82, 2.24) is 20.2 Å². The molecule has 112 valence electrons. The topological polar surface area (TPSA) is 110 Å². The Kier molecular flexibility index (Phi) is 3.59. The zero-order valence-corrected chi connectivity index (χ0v) is 11.9. The lowest BCUT2D eigenvalue weighted by molar-refractivity contribution is -0.148. The Hall–Kier alpha value is -2.38. The van der Waals surface area contributed by atoms with Gasteiger partial charge in [-0.15, -0.1) is 0 Å². The van der Waals surface area contributed by atoms with Gasteiger partial charge in [-0.05, 0) is 19.8 Å². The van der Waals surface area contributed by atoms with Crippen molar-refractivity contribution >= 4 is 28.8 Å². The quantitative estimate of drug-likeness (QED) is 0.801. The molecule has 3 heterocycles. The van der Waals surface area contributed by atoms with Gasteiger partial charge in [-0.2, -0.15) is 15.1 Å². The molecule has 1 atom stereocenters. The van der Waals surface area contributed by atoms with E-state index < -0.39 is 0 Å². The molecule has 3 rings (SSSR count). The van der Waals surface area contributed by atoms with Gasteiger partial charge >= 0.3 is 5.97 Å². The van der Waals surface area contributed by atoms with Crippen LogP contribution in [-0.2, 0) is 9.53 Å². The molecule has 3 N–H and O–H groups in total. The van der Waals surface area contributed by atoms with E-state index in [0.29, 0.717) is 18.8 Å². The summed E-state index contributed by atoms with van der Waals surface area (Å²) in [5, 5.41) is 7.59. The highest BCUT2D eigenvalue weighted by Gasteiger charge is 2.28. The molecule has 0 bridgehead atoms. The van der Waals surface area contributed by atoms with Gasteiger partial charge in [0.05, 0.1) is 24.1 Å². The van der Waals surface area contributed by atoms with Crippen LogP contribution in [0, 0.1) is 5.92 Å². The summed E-state index contributed by atoms with van der Waals surface area (Å²) in [5.74, 6) is 0.643. The Morgan fingerprint density at radius 2 is 2.43 bits per heavy atom. The number of esters is 1. The lowest BCUT2D eigenvalue weighted by Gasteiger charge is -2.32. The molecule has 0 aromatic carbocycles. The van der Waals surface area contributed by atoms with E-state index in [0.717, 1.165) is 30.6 Å². The van der Waals surface area contributed by atoms with Crippen molar-refractivity contribution in [3.05, 3.63) is 6.20 Å². The maximum Gasteiger partial charge on any atom is 0.310 e. The van der Waals surface area contributed by atoms with Crippen LogP contribution >= 0.6 is 0 Å². The second-order valence-corrected chi connectivity index (χ2v) is 5.07. The number of aromatic nitrogens is 4. The number of nitrogens with zero attached hydrogens (tertiary/aromatic N) is 4. The molecule has 1 aliphatic rings. The molecule has 1 fully saturated rings. The summed E-state index contributed by atoms with van der Waals surface area (Å²) in [6.45, 7) is 3.63. The van der Waals surface area contributed by atoms with Gasteiger partial charge < -0.3 is 15.4 Å². The SMILES string of the molecule is CCOC(=O)C1CCCN(c2nc(N)nc3[nH]ncc23)C1. The van der Waals surface area contributed by atoms with Crippen LogP contribution in [-0.4, -0.2) is 45.8 Å². The smallest absolute Gasteiger partial charge is 0.310 e. The lowest BCUT2D eigenvalue weighted by atomic mass is 9.98. The minimum absolute atomic E-state index is 0.128. The number of hydrogen-bond acceptors (Lipinski definition) is 7. The van der Waals surface area contributed by atoms with Crippen LogP contribution in [0.2, 0.25) is 0 Å². The van der Waals surface area contributed by atoms with Gasteiger partial charge in [0.2, 0.25) is 5.95 Å². The number of H-pyrrole nitrogens is 1. The van der Waals surface area contributed by atoms with Crippen molar-refractivity contribution in [3.63, 3.8) is 0 Å². The highest BCUT2D eigenvalue weighted by Crippen LogP contribution is 2.28. The van der Waals surface area contributed by atoms with Gasteiger partial charge in [0, 0.05) is 13.1 Å². The fourth-order valence-electron chi connectivity index (χ4n) is 2.70. The van der Waals surface area contributed by atoms with E-state index in [9.17, 15) is 4.79 Å². The summed E-state index contributed by atoms with van der Waals surface area (Å²) >= 11 is 0. The molecule has 1 unspecified atom stereocenters. The van der Waals surface area contributed by atoms with Gasteiger partial charge in [0.25, 0.3) is 0 Å². The fraction of sp³-hybridized carbons (Fsp3) is 0.538. The summed E-state index contributed by atoms with van der Waals surface area (Å²) in [7, 11) is 0. The van der Waals surface area contributed by atoms with Crippen LogP contribution in [0.4, 0.5) is 11.8 Å². The van der Waals surface area contributed by atoms with E-state index in [1.165, 1.54) is 0 Å². The van der Waals surface area contributed by atoms with Crippen LogP contribution in [0.15, 0.2) is 6.20 Å². The maximum absolute atomic E-state index is 11.9. The van der Waals surface area contributed by atoms with Crippen LogP contribution in [0.1, 0.15) is 19.8 Å². The van der Waals surface area contributed by atoms with Crippen molar-refractivity contribution in [3.8, 4) is 0 Å². The van der Waals surface area contributed by atoms with E-state index in [2.05, 4.69) is 25.1 Å². The number of hydrogen-bond donors (Lipinski definition) is 2. The van der Waals surface area contributed by atoms with Crippen LogP contribution in [0.5, 0.6) is 0 Å². The number of carbonyl (C=O) groups excluding carboxylic acids is 1. The van der Waals surface area contributed by atoms with Crippen molar-refractivity contribution < 1.29 is 9.53 Å². The van der Waals surface area contributed by atoms with Gasteiger partial charge in [-0.3, -0.25) is 9.89 Å². The molecular formula is C13H18N6O2. The first-order valence-electron chi connectivity index (χ1n) is 7.07. The molecular weight excluding hydrogens is 272 g/mol. The minimum atomic E-state index is -0.146. The molecule has 0 radical (unpaired) electrons. The first-order chi connectivity index (χ1) is 10.2. The van der Waals surface area contributed by atoms with Crippen LogP contribution in [0.3, 0.4) is 0 Å². The summed E-state index contributed by atoms with van der Waals surface area (Å²) in [6.07, 6.45) is 3.43. The van der Waals surface area contributed by atoms with Crippen molar-refractivity contribution in [2.75, 3.05) is 30.3 Å². The number of nitrogens with two attached hydrogens (primary N) is 1. The molecule has 8 nitrogen and oxygen atoms in total. The molecule has 21 heavy (non-hydrogen) atoms. The summed E-state index contributed by atoms with van der Waals surface area (Å²) in [6, 6.07) is 0. The van der Waals surface area contributed by atoms with Crippen molar-refractivity contribution in [1.29, 1.82) is 0 Å². The van der Waals surface area contributed by atoms with Crippen LogP contribution in [0.25, 0.3) is 11.0 Å². The van der Waals surface area contributed by atoms with Gasteiger partial charge in [-0.25, -0.2) is 0 Å². The summed E-state index contributed by atoms with van der Waals surface area (Å²) in [5.41, 5.74) is 6.35. The number of nitrogens with one attached hydrogen (secondary N) is 1. The van der Waals surface area contributed by atoms with E-state index >= 15 is 0 Å². The third kappa shape index (κ3) is 2.61. The second kappa shape index (κ2) is 5.55. The Morgan fingerprint density at radius 3 is 3.24 bits per heavy atom. The monoisotopic (exact) mass is 290 g/mol. The number of aromatic amines is 1. The average molecular weight is 290 g/mol. The number of fused-ring (bicyclic) bond motifs is 1. The van der Waals surface area contributed by atoms with Crippen molar-refractivity contribution in [2.24, 2.45) is 5.92 Å². The zero-order chi connectivity index (χ0) is 14.8. The second-order valence-electron chi connectivity index (χ2n) is 5.07. The van der Waals surface area contributed by atoms with E-state index in [1.54, 1.807) is 6.20 Å². The highest BCUT2D eigenvalue weighted by atomic mass is 16.5. The molecule has 0 saturated carbocycles. The number of nitrogen functional groups attached to an aromatic ring is 1. The molecule has 0 amide bonds. The number of ether oxygens (including phenoxy) is 1. The molecule has 0 aliphatic carbocycles. The van der Waals surface area contributed by atoms with Crippen molar-refractivity contribution in [2.45, 2.75) is 19.8 Å². The van der Waals surface area contributed by atoms with E-state index in [1.807, 2.05) is 6.92 Å². The number of piperidine rings is 1. The highest BCUT2D eigenvalue weighted by molar-refractivity contribution is 5.87. The summed E-state index contributed by atoms with van der Waals surface area (Å²) < 4.78 is 5.12. The molecule has 1 saturated heterocycles. The molecule has 0 spiro atoms. The lowest BCUT2D eigenvalue weighted by Crippen LogP contribution is -2.40. The maximum atomic E-state index is 11.9. The Morgan fingerprint density at radius 1 is 1.57 bits per heavy atom. The van der Waals surface area contributed by atoms with Gasteiger partial charge in [-0.1, -0.05) is 0 Å². The zero-order valence-electron chi connectivity index (χ0n) is 11.9. The Labute approximate surface area is 121 Å². The predicted molar refractivity (Wildman–Crippen MR) is 77.7 cm³/mol. The first kappa shape index (κ1) is 13.6. The third-order valence-corrected chi connectivity index (χ3v) is 3.65. The number of anilines is 2. The Bertz CT molecular complexity index is 655. The molecule has 1 aliphatic heterocycles. The predicted octanol–water partition coefficient (Wildman–Crippen LogP) is 0.715. The van der Waals surface area contributed by atoms with Gasteiger partial charge in [0.15, 0.2) is 5.65 Å². The molecule has 2 aromatic rings. The average Bonchev–Trinajstić information content (AvgIpc) is 2.95. The fourth-order valence-corrected chi connectivity index (χ4v) is 2.70. The normalized spacial score (nSPS) is 18.9. The van der Waals surface area contributed by atoms with Gasteiger partial charge in [0.1, 0.15) is 5.82 Å². The standard InChI is InChI=1S/C13H18N6O2/c1-2-21-12(20)8-4-3-5-19(7-8)11-9-6-15-18-10(9)16-13(14)17-11/h6,8H,2-5,7H2,1H3,(H3,14,15,16,17,18).